The van der Waals surface area contributed by atoms with E-state index in [1.54, 1.807) is 6.07 Å². The van der Waals surface area contributed by atoms with E-state index in [0.717, 1.165) is 11.0 Å². The number of ether oxygens (including phenoxy) is 1. The van der Waals surface area contributed by atoms with Gasteiger partial charge in [-0.25, -0.2) is 0 Å². The summed E-state index contributed by atoms with van der Waals surface area (Å²) in [4.78, 5) is 0. The van der Waals surface area contributed by atoms with E-state index in [-0.39, 0.29) is 6.61 Å². The third-order valence-corrected chi connectivity index (χ3v) is 2.56. The van der Waals surface area contributed by atoms with Gasteiger partial charge in [0.15, 0.2) is 5.60 Å². The number of aliphatic hydroxyl groups excluding tert-OH is 1. The molecule has 0 bridgehead atoms. The maximum absolute atomic E-state index is 9.14. The molecule has 1 unspecified atom stereocenters. The highest BCUT2D eigenvalue weighted by atomic mass is 16.6. The molecule has 1 radical (unpaired) electrons. The lowest BCUT2D eigenvalue weighted by atomic mass is 10.1. The normalized spacial score (nSPS) is 25.5. The van der Waals surface area contributed by atoms with Crippen molar-refractivity contribution in [2.45, 2.75) is 5.60 Å². The molecule has 2 heterocycles. The molecule has 1 N–H and O–H groups in total. The Hall–Kier alpha value is -1.32. The topological polar surface area (TPSA) is 45.9 Å². The number of benzene rings is 1. The van der Waals surface area contributed by atoms with Gasteiger partial charge in [-0.3, -0.25) is 0 Å². The van der Waals surface area contributed by atoms with Crippen LogP contribution in [0.5, 0.6) is 0 Å². The van der Waals surface area contributed by atoms with Gasteiger partial charge >= 0.3 is 0 Å². The number of fused-ring (bicyclic) bond motifs is 1. The van der Waals surface area contributed by atoms with E-state index in [4.69, 9.17) is 14.3 Å². The lowest BCUT2D eigenvalue weighted by molar-refractivity contribution is 0.154. The average molecular weight is 189 g/mol. The van der Waals surface area contributed by atoms with Gasteiger partial charge in [-0.2, -0.15) is 0 Å². The minimum absolute atomic E-state index is 0.0312. The Labute approximate surface area is 80.9 Å². The fraction of sp³-hybridized carbons (Fsp3) is 0.273. The van der Waals surface area contributed by atoms with Crippen molar-refractivity contribution in [1.29, 1.82) is 0 Å². The number of hydrogen-bond donors (Lipinski definition) is 1. The van der Waals surface area contributed by atoms with Gasteiger partial charge in [-0.1, -0.05) is 6.07 Å². The summed E-state index contributed by atoms with van der Waals surface area (Å²) < 4.78 is 10.8. The third kappa shape index (κ3) is 0.997. The van der Waals surface area contributed by atoms with Crippen molar-refractivity contribution in [1.82, 2.24) is 0 Å². The highest BCUT2D eigenvalue weighted by molar-refractivity contribution is 5.77. The summed E-state index contributed by atoms with van der Waals surface area (Å²) in [6, 6.07) is 10.4. The van der Waals surface area contributed by atoms with E-state index >= 15 is 0 Å². The summed E-state index contributed by atoms with van der Waals surface area (Å²) in [6.45, 7) is 0.504. The zero-order chi connectivity index (χ0) is 9.60. The fourth-order valence-corrected chi connectivity index (χ4v) is 1.55. The first-order valence-corrected chi connectivity index (χ1v) is 4.49. The Balaban J connectivity index is 2.15. The predicted octanol–water partition coefficient (Wildman–Crippen LogP) is 1.45. The van der Waals surface area contributed by atoms with Crippen molar-refractivity contribution in [3.05, 3.63) is 36.1 Å². The van der Waals surface area contributed by atoms with Crippen LogP contribution in [-0.2, 0) is 10.3 Å². The number of hydrogen-bond acceptors (Lipinski definition) is 3. The van der Waals surface area contributed by atoms with E-state index in [1.807, 2.05) is 18.2 Å². The molecule has 3 nitrogen and oxygen atoms in total. The van der Waals surface area contributed by atoms with E-state index in [0.29, 0.717) is 12.4 Å². The molecule has 0 spiro atoms. The summed E-state index contributed by atoms with van der Waals surface area (Å²) in [7, 11) is 0. The van der Waals surface area contributed by atoms with Crippen molar-refractivity contribution in [2.75, 3.05) is 13.2 Å². The van der Waals surface area contributed by atoms with Crippen LogP contribution in [0.4, 0.5) is 0 Å². The van der Waals surface area contributed by atoms with E-state index < -0.39 is 5.60 Å². The lowest BCUT2D eigenvalue weighted by Gasteiger charge is -2.01. The Bertz CT molecular complexity index is 435. The van der Waals surface area contributed by atoms with Gasteiger partial charge < -0.3 is 14.3 Å². The molecule has 3 rings (SSSR count). The molecule has 1 aliphatic heterocycles. The van der Waals surface area contributed by atoms with Crippen LogP contribution in [0.2, 0.25) is 0 Å². The van der Waals surface area contributed by atoms with Crippen molar-refractivity contribution in [3.8, 4) is 0 Å². The Morgan fingerprint density at radius 3 is 3.07 bits per heavy atom. The van der Waals surface area contributed by atoms with Gasteiger partial charge in [0.1, 0.15) is 11.3 Å². The molecule has 3 heteroatoms. The molecule has 1 saturated heterocycles. The highest BCUT2D eigenvalue weighted by Gasteiger charge is 2.49. The molecule has 14 heavy (non-hydrogen) atoms. The van der Waals surface area contributed by atoms with E-state index in [9.17, 15) is 0 Å². The first-order valence-electron chi connectivity index (χ1n) is 4.49. The highest BCUT2D eigenvalue weighted by Crippen LogP contribution is 2.40. The summed E-state index contributed by atoms with van der Waals surface area (Å²) in [5.41, 5.74) is 0.237. The number of rotatable bonds is 2. The standard InChI is InChI=1S/C11H9O3/c12-6-11(7-13-11)10-5-8-3-1-2-4-9(8)14-10/h2-5,12H,6-7H2. The first kappa shape index (κ1) is 8.03. The summed E-state index contributed by atoms with van der Waals surface area (Å²) in [6.07, 6.45) is 0. The van der Waals surface area contributed by atoms with Crippen molar-refractivity contribution < 1.29 is 14.3 Å². The third-order valence-electron chi connectivity index (χ3n) is 2.56. The summed E-state index contributed by atoms with van der Waals surface area (Å²) in [5, 5.41) is 10.1. The fourth-order valence-electron chi connectivity index (χ4n) is 1.55. The summed E-state index contributed by atoms with van der Waals surface area (Å²) in [5.74, 6) is 0.703. The lowest BCUT2D eigenvalue weighted by Crippen LogP contribution is -2.12. The smallest absolute Gasteiger partial charge is 0.172 e. The Kier molecular flexibility index (Phi) is 1.48. The number of furan rings is 1. The average Bonchev–Trinajstić information content (AvgIpc) is 2.91. The molecule has 0 aliphatic carbocycles. The van der Waals surface area contributed by atoms with Gasteiger partial charge in [0.25, 0.3) is 0 Å². The SMILES string of the molecule is OCC1(c2cc3c[c]ccc3o2)CO1. The maximum Gasteiger partial charge on any atom is 0.172 e. The van der Waals surface area contributed by atoms with Crippen LogP contribution >= 0.6 is 0 Å². The molecule has 1 aromatic carbocycles. The second-order valence-electron chi connectivity index (χ2n) is 3.52. The molecule has 0 saturated carbocycles. The molecule has 2 aromatic rings. The number of epoxide rings is 1. The van der Waals surface area contributed by atoms with E-state index in [2.05, 4.69) is 6.07 Å². The molecular formula is C11H9O3. The van der Waals surface area contributed by atoms with Crippen LogP contribution in [0, 0.1) is 6.07 Å². The van der Waals surface area contributed by atoms with Crippen LogP contribution in [0.15, 0.2) is 28.7 Å². The first-order chi connectivity index (χ1) is 6.84. The molecule has 71 valence electrons. The van der Waals surface area contributed by atoms with Gasteiger partial charge in [0, 0.05) is 5.39 Å². The maximum atomic E-state index is 9.14. The van der Waals surface area contributed by atoms with Crippen LogP contribution in [-0.4, -0.2) is 18.3 Å². The summed E-state index contributed by atoms with van der Waals surface area (Å²) >= 11 is 0. The van der Waals surface area contributed by atoms with Crippen LogP contribution in [0.25, 0.3) is 11.0 Å². The second-order valence-corrected chi connectivity index (χ2v) is 3.52. The zero-order valence-electron chi connectivity index (χ0n) is 7.49. The van der Waals surface area contributed by atoms with Gasteiger partial charge in [0.05, 0.1) is 13.2 Å². The number of aliphatic hydroxyl groups is 1. The molecule has 1 fully saturated rings. The predicted molar refractivity (Wildman–Crippen MR) is 49.8 cm³/mol. The van der Waals surface area contributed by atoms with Gasteiger partial charge in [-0.15, -0.1) is 0 Å². The monoisotopic (exact) mass is 189 g/mol. The molecule has 1 atom stereocenters. The van der Waals surface area contributed by atoms with Crippen LogP contribution < -0.4 is 0 Å². The second kappa shape index (κ2) is 2.59. The van der Waals surface area contributed by atoms with E-state index in [1.165, 1.54) is 0 Å². The minimum atomic E-state index is -0.570. The molecular weight excluding hydrogens is 180 g/mol. The quantitative estimate of drug-likeness (QED) is 0.727. The van der Waals surface area contributed by atoms with Gasteiger partial charge in [0.2, 0.25) is 0 Å². The minimum Gasteiger partial charge on any atom is -0.458 e. The Morgan fingerprint density at radius 1 is 1.57 bits per heavy atom. The molecule has 1 aromatic heterocycles. The van der Waals surface area contributed by atoms with Crippen molar-refractivity contribution in [3.63, 3.8) is 0 Å². The Morgan fingerprint density at radius 2 is 2.43 bits per heavy atom. The van der Waals surface area contributed by atoms with Crippen LogP contribution in [0.3, 0.4) is 0 Å². The van der Waals surface area contributed by atoms with Crippen LogP contribution in [0.1, 0.15) is 5.76 Å². The zero-order valence-corrected chi connectivity index (χ0v) is 7.49. The van der Waals surface area contributed by atoms with Crippen molar-refractivity contribution in [2.24, 2.45) is 0 Å². The molecule has 0 amide bonds. The van der Waals surface area contributed by atoms with Crippen molar-refractivity contribution >= 4 is 11.0 Å². The molecule has 1 aliphatic rings. The van der Waals surface area contributed by atoms with Gasteiger partial charge in [-0.05, 0) is 24.3 Å². The largest absolute Gasteiger partial charge is 0.458 e.